The van der Waals surface area contributed by atoms with Crippen molar-refractivity contribution in [3.05, 3.63) is 11.8 Å². The van der Waals surface area contributed by atoms with Crippen LogP contribution in [0.15, 0.2) is 6.07 Å². The monoisotopic (exact) mass is 228 g/mol. The summed E-state index contributed by atoms with van der Waals surface area (Å²) < 4.78 is 26.8. The molecule has 0 fully saturated rings. The molecule has 7 heteroatoms. The Bertz CT molecular complexity index is 497. The maximum atomic E-state index is 11.5. The van der Waals surface area contributed by atoms with Crippen molar-refractivity contribution in [1.29, 1.82) is 5.26 Å². The van der Waals surface area contributed by atoms with Gasteiger partial charge in [0.25, 0.3) is 0 Å². The Morgan fingerprint density at radius 3 is 2.67 bits per heavy atom. The maximum absolute atomic E-state index is 11.5. The number of nitrogens with one attached hydrogen (secondary N) is 1. The van der Waals surface area contributed by atoms with Gasteiger partial charge in [0.05, 0.1) is 11.8 Å². The molecule has 0 amide bonds. The summed E-state index contributed by atoms with van der Waals surface area (Å²) in [4.78, 5) is 0. The first-order valence-electron chi connectivity index (χ1n) is 4.28. The second kappa shape index (κ2) is 3.90. The quantitative estimate of drug-likeness (QED) is 0.810. The second-order valence-corrected chi connectivity index (χ2v) is 5.21. The van der Waals surface area contributed by atoms with E-state index in [0.717, 1.165) is 0 Å². The van der Waals surface area contributed by atoms with Gasteiger partial charge in [-0.25, -0.2) is 8.42 Å². The molecule has 1 unspecified atom stereocenters. The summed E-state index contributed by atoms with van der Waals surface area (Å²) in [5, 5.41) is 11.4. The first-order valence-corrected chi connectivity index (χ1v) is 5.83. The molecule has 0 saturated heterocycles. The van der Waals surface area contributed by atoms with E-state index in [1.807, 2.05) is 0 Å². The zero-order valence-electron chi connectivity index (χ0n) is 8.72. The number of aryl methyl sites for hydroxylation is 2. The van der Waals surface area contributed by atoms with E-state index in [4.69, 9.17) is 5.26 Å². The Hall–Kier alpha value is -1.55. The van der Waals surface area contributed by atoms with Crippen LogP contribution in [0.4, 0.5) is 5.82 Å². The Morgan fingerprint density at radius 2 is 2.27 bits per heavy atom. The summed E-state index contributed by atoms with van der Waals surface area (Å²) in [6.45, 7) is 3.08. The van der Waals surface area contributed by atoms with Crippen LogP contribution in [0.3, 0.4) is 0 Å². The minimum Gasteiger partial charge on any atom is -0.266 e. The summed E-state index contributed by atoms with van der Waals surface area (Å²) in [5.74, 6) is 0.356. The predicted octanol–water partition coefficient (Wildman–Crippen LogP) is 0.382. The van der Waals surface area contributed by atoms with Crippen molar-refractivity contribution >= 4 is 15.8 Å². The molecule has 0 spiro atoms. The van der Waals surface area contributed by atoms with E-state index in [1.165, 1.54) is 11.6 Å². The predicted molar refractivity (Wildman–Crippen MR) is 55.6 cm³/mol. The van der Waals surface area contributed by atoms with E-state index in [-0.39, 0.29) is 0 Å². The molecule has 1 N–H and O–H groups in total. The molecule has 0 saturated carbocycles. The summed E-state index contributed by atoms with van der Waals surface area (Å²) in [5.41, 5.74) is 0.708. The molecule has 0 aliphatic rings. The third-order valence-electron chi connectivity index (χ3n) is 1.90. The Morgan fingerprint density at radius 1 is 1.67 bits per heavy atom. The average Bonchev–Trinajstić information content (AvgIpc) is 2.43. The fraction of sp³-hybridized carbons (Fsp3) is 0.500. The van der Waals surface area contributed by atoms with Crippen molar-refractivity contribution in [3.8, 4) is 6.07 Å². The molecular weight excluding hydrogens is 216 g/mol. The Kier molecular flexibility index (Phi) is 3.00. The molecule has 1 atom stereocenters. The van der Waals surface area contributed by atoms with E-state index >= 15 is 0 Å². The van der Waals surface area contributed by atoms with Crippen molar-refractivity contribution < 1.29 is 8.42 Å². The van der Waals surface area contributed by atoms with Crippen LogP contribution in [0, 0.1) is 18.3 Å². The molecule has 1 heterocycles. The molecule has 0 radical (unpaired) electrons. The van der Waals surface area contributed by atoms with Crippen LogP contribution in [0.25, 0.3) is 0 Å². The molecule has 0 aliphatic carbocycles. The van der Waals surface area contributed by atoms with Gasteiger partial charge in [0, 0.05) is 13.1 Å². The molecule has 15 heavy (non-hydrogen) atoms. The van der Waals surface area contributed by atoms with Gasteiger partial charge in [0.2, 0.25) is 10.0 Å². The molecule has 6 nitrogen and oxygen atoms in total. The molecule has 1 aromatic rings. The van der Waals surface area contributed by atoms with Gasteiger partial charge in [0.1, 0.15) is 5.82 Å². The zero-order chi connectivity index (χ0) is 11.6. The number of hydrogen-bond acceptors (Lipinski definition) is 4. The summed E-state index contributed by atoms with van der Waals surface area (Å²) in [6.07, 6.45) is 0. The van der Waals surface area contributed by atoms with Crippen molar-refractivity contribution in [2.45, 2.75) is 19.1 Å². The lowest BCUT2D eigenvalue weighted by atomic mass is 10.5. The minimum absolute atomic E-state index is 0.356. The Balaban J connectivity index is 2.98. The van der Waals surface area contributed by atoms with E-state index in [9.17, 15) is 8.42 Å². The van der Waals surface area contributed by atoms with Gasteiger partial charge >= 0.3 is 0 Å². The molecular formula is C8H12N4O2S. The number of anilines is 1. The lowest BCUT2D eigenvalue weighted by Gasteiger charge is -2.08. The van der Waals surface area contributed by atoms with Crippen LogP contribution in [0.2, 0.25) is 0 Å². The average molecular weight is 228 g/mol. The SMILES string of the molecule is Cc1cc(NS(=O)(=O)C(C)C#N)n(C)n1. The normalized spacial score (nSPS) is 13.2. The smallest absolute Gasteiger partial charge is 0.249 e. The van der Waals surface area contributed by atoms with Crippen LogP contribution < -0.4 is 4.72 Å². The van der Waals surface area contributed by atoms with Gasteiger partial charge in [-0.15, -0.1) is 0 Å². The highest BCUT2D eigenvalue weighted by atomic mass is 32.2. The van der Waals surface area contributed by atoms with Gasteiger partial charge < -0.3 is 0 Å². The molecule has 0 aliphatic heterocycles. The fourth-order valence-electron chi connectivity index (χ4n) is 1.01. The van der Waals surface area contributed by atoms with Gasteiger partial charge in [-0.2, -0.15) is 10.4 Å². The standard InChI is InChI=1S/C8H12N4O2S/c1-6-4-8(12(3)10-6)11-15(13,14)7(2)5-9/h4,7,11H,1-3H3. The molecule has 82 valence electrons. The molecule has 1 rings (SSSR count). The van der Waals surface area contributed by atoms with Gasteiger partial charge in [-0.1, -0.05) is 0 Å². The van der Waals surface area contributed by atoms with E-state index < -0.39 is 15.3 Å². The Labute approximate surface area is 88.6 Å². The maximum Gasteiger partial charge on any atom is 0.249 e. The number of nitriles is 1. The number of rotatable bonds is 3. The third-order valence-corrected chi connectivity index (χ3v) is 3.43. The molecule has 1 aromatic heterocycles. The first-order chi connectivity index (χ1) is 6.86. The molecule has 0 bridgehead atoms. The van der Waals surface area contributed by atoms with Crippen LogP contribution in [0.5, 0.6) is 0 Å². The van der Waals surface area contributed by atoms with Crippen LogP contribution in [-0.4, -0.2) is 23.4 Å². The number of aromatic nitrogens is 2. The topological polar surface area (TPSA) is 87.8 Å². The number of hydrogen-bond donors (Lipinski definition) is 1. The zero-order valence-corrected chi connectivity index (χ0v) is 9.54. The van der Waals surface area contributed by atoms with Gasteiger partial charge in [-0.05, 0) is 13.8 Å². The van der Waals surface area contributed by atoms with Crippen molar-refractivity contribution in [3.63, 3.8) is 0 Å². The van der Waals surface area contributed by atoms with Crippen molar-refractivity contribution in [2.75, 3.05) is 4.72 Å². The van der Waals surface area contributed by atoms with Gasteiger partial charge in [-0.3, -0.25) is 9.40 Å². The number of nitrogens with zero attached hydrogens (tertiary/aromatic N) is 3. The van der Waals surface area contributed by atoms with Crippen LogP contribution >= 0.6 is 0 Å². The third kappa shape index (κ3) is 2.47. The van der Waals surface area contributed by atoms with E-state index in [2.05, 4.69) is 9.82 Å². The fourth-order valence-corrected chi connectivity index (χ4v) is 1.81. The largest absolute Gasteiger partial charge is 0.266 e. The highest BCUT2D eigenvalue weighted by molar-refractivity contribution is 7.93. The summed E-state index contributed by atoms with van der Waals surface area (Å²) in [6, 6.07) is 3.27. The van der Waals surface area contributed by atoms with Crippen LogP contribution in [0.1, 0.15) is 12.6 Å². The lowest BCUT2D eigenvalue weighted by molar-refractivity contribution is 0.596. The minimum atomic E-state index is -3.64. The summed E-state index contributed by atoms with van der Waals surface area (Å²) in [7, 11) is -2.02. The highest BCUT2D eigenvalue weighted by Crippen LogP contribution is 2.12. The van der Waals surface area contributed by atoms with E-state index in [0.29, 0.717) is 11.5 Å². The van der Waals surface area contributed by atoms with E-state index in [1.54, 1.807) is 26.1 Å². The second-order valence-electron chi connectivity index (χ2n) is 3.21. The number of sulfonamides is 1. The highest BCUT2D eigenvalue weighted by Gasteiger charge is 2.21. The van der Waals surface area contributed by atoms with Crippen molar-refractivity contribution in [2.24, 2.45) is 7.05 Å². The van der Waals surface area contributed by atoms with Gasteiger partial charge in [0.15, 0.2) is 5.25 Å². The molecule has 0 aromatic carbocycles. The van der Waals surface area contributed by atoms with Crippen LogP contribution in [-0.2, 0) is 17.1 Å². The lowest BCUT2D eigenvalue weighted by Crippen LogP contribution is -2.24. The first kappa shape index (κ1) is 11.5. The van der Waals surface area contributed by atoms with Crippen molar-refractivity contribution in [1.82, 2.24) is 9.78 Å². The summed E-state index contributed by atoms with van der Waals surface area (Å²) >= 11 is 0.